The first kappa shape index (κ1) is 20.1. The van der Waals surface area contributed by atoms with Crippen LogP contribution in [0.2, 0.25) is 5.02 Å². The van der Waals surface area contributed by atoms with Gasteiger partial charge in [0.05, 0.1) is 4.70 Å². The van der Waals surface area contributed by atoms with Crippen LogP contribution in [-0.2, 0) is 6.54 Å². The van der Waals surface area contributed by atoms with Crippen LogP contribution in [0.1, 0.15) is 32.0 Å². The number of halogens is 1. The van der Waals surface area contributed by atoms with Gasteiger partial charge in [-0.05, 0) is 53.8 Å². The molecule has 0 spiro atoms. The molecule has 1 heterocycles. The Kier molecular flexibility index (Phi) is 5.79. The molecular weight excluding hydrogens is 418 g/mol. The Morgan fingerprint density at radius 1 is 1.00 bits per heavy atom. The lowest BCUT2D eigenvalue weighted by Crippen LogP contribution is -2.23. The zero-order valence-corrected chi connectivity index (χ0v) is 17.7. The molecule has 0 atom stereocenters. The number of hydrogen-bond donors (Lipinski definition) is 2. The third-order valence-electron chi connectivity index (χ3n) is 4.74. The summed E-state index contributed by atoms with van der Waals surface area (Å²) in [5.74, 6) is -0.547. The van der Waals surface area contributed by atoms with Crippen molar-refractivity contribution in [2.45, 2.75) is 13.5 Å². The fourth-order valence-electron chi connectivity index (χ4n) is 3.05. The van der Waals surface area contributed by atoms with Crippen LogP contribution in [0.3, 0.4) is 0 Å². The Balaban J connectivity index is 1.51. The minimum Gasteiger partial charge on any atom is -0.348 e. The predicted molar refractivity (Wildman–Crippen MR) is 121 cm³/mol. The quantitative estimate of drug-likeness (QED) is 0.438. The number of nitrogens with zero attached hydrogens (tertiary/aromatic N) is 1. The van der Waals surface area contributed by atoms with Gasteiger partial charge in [0.25, 0.3) is 11.8 Å². The molecule has 0 bridgehead atoms. The van der Waals surface area contributed by atoms with Gasteiger partial charge in [-0.1, -0.05) is 54.1 Å². The number of benzene rings is 3. The number of fused-ring (bicyclic) bond motifs is 1. The molecule has 0 aliphatic carbocycles. The molecule has 4 rings (SSSR count). The molecule has 0 radical (unpaired) electrons. The number of hydrogen-bond acceptors (Lipinski definition) is 4. The fraction of sp³-hybridized carbons (Fsp3) is 0.0870. The summed E-state index contributed by atoms with van der Waals surface area (Å²) in [7, 11) is 0. The maximum atomic E-state index is 12.8. The van der Waals surface area contributed by atoms with E-state index in [1.165, 1.54) is 11.5 Å². The molecule has 4 aromatic rings. The molecule has 3 aromatic carbocycles. The molecule has 0 saturated heterocycles. The van der Waals surface area contributed by atoms with E-state index >= 15 is 0 Å². The first-order valence-electron chi connectivity index (χ1n) is 9.31. The maximum Gasteiger partial charge on any atom is 0.276 e. The molecular formula is C23H18ClN3O2S. The Morgan fingerprint density at radius 3 is 2.60 bits per heavy atom. The number of rotatable bonds is 5. The van der Waals surface area contributed by atoms with Gasteiger partial charge in [0.1, 0.15) is 5.69 Å². The summed E-state index contributed by atoms with van der Waals surface area (Å²) in [6, 6.07) is 20.2. The summed E-state index contributed by atoms with van der Waals surface area (Å²) in [5, 5.41) is 7.16. The summed E-state index contributed by atoms with van der Waals surface area (Å²) >= 11 is 7.43. The minimum absolute atomic E-state index is 0.246. The lowest BCUT2D eigenvalue weighted by Gasteiger charge is -2.11. The van der Waals surface area contributed by atoms with Crippen molar-refractivity contribution < 1.29 is 9.59 Å². The Bertz CT molecular complexity index is 1250. The molecule has 2 amide bonds. The normalized spacial score (nSPS) is 10.7. The number of amides is 2. The Labute approximate surface area is 182 Å². The van der Waals surface area contributed by atoms with E-state index in [1.807, 2.05) is 49.4 Å². The van der Waals surface area contributed by atoms with Crippen molar-refractivity contribution in [1.82, 2.24) is 9.69 Å². The molecule has 2 N–H and O–H groups in total. The molecule has 5 nitrogen and oxygen atoms in total. The SMILES string of the molecule is Cc1ccc(C(=O)NCc2ccccc2Cl)cc1NC(=O)c1nsc2ccccc12. The average molecular weight is 436 g/mol. The zero-order chi connectivity index (χ0) is 21.1. The summed E-state index contributed by atoms with van der Waals surface area (Å²) < 4.78 is 5.24. The van der Waals surface area contributed by atoms with E-state index in [0.717, 1.165) is 21.2 Å². The van der Waals surface area contributed by atoms with Crippen LogP contribution in [0.25, 0.3) is 10.1 Å². The molecule has 30 heavy (non-hydrogen) atoms. The van der Waals surface area contributed by atoms with E-state index in [2.05, 4.69) is 15.0 Å². The van der Waals surface area contributed by atoms with Crippen molar-refractivity contribution in [2.24, 2.45) is 0 Å². The van der Waals surface area contributed by atoms with Gasteiger partial charge in [-0.2, -0.15) is 4.37 Å². The van der Waals surface area contributed by atoms with Gasteiger partial charge in [0.2, 0.25) is 0 Å². The number of anilines is 1. The second kappa shape index (κ2) is 8.65. The first-order valence-corrected chi connectivity index (χ1v) is 10.5. The summed E-state index contributed by atoms with van der Waals surface area (Å²) in [6.45, 7) is 2.19. The Hall–Kier alpha value is -3.22. The molecule has 0 saturated carbocycles. The van der Waals surface area contributed by atoms with Gasteiger partial charge in [-0.25, -0.2) is 0 Å². The van der Waals surface area contributed by atoms with Gasteiger partial charge >= 0.3 is 0 Å². The summed E-state index contributed by atoms with van der Waals surface area (Å²) in [6.07, 6.45) is 0. The van der Waals surface area contributed by atoms with Crippen molar-refractivity contribution in [3.05, 3.63) is 94.1 Å². The van der Waals surface area contributed by atoms with Crippen molar-refractivity contribution in [3.63, 3.8) is 0 Å². The van der Waals surface area contributed by atoms with Crippen LogP contribution in [-0.4, -0.2) is 16.2 Å². The van der Waals surface area contributed by atoms with Crippen molar-refractivity contribution in [1.29, 1.82) is 0 Å². The molecule has 0 aliphatic heterocycles. The van der Waals surface area contributed by atoms with E-state index in [9.17, 15) is 9.59 Å². The second-order valence-corrected chi connectivity index (χ2v) is 8.00. The minimum atomic E-state index is -0.302. The molecule has 0 fully saturated rings. The zero-order valence-electron chi connectivity index (χ0n) is 16.1. The fourth-order valence-corrected chi connectivity index (χ4v) is 4.02. The second-order valence-electron chi connectivity index (χ2n) is 6.79. The van der Waals surface area contributed by atoms with E-state index in [-0.39, 0.29) is 11.8 Å². The van der Waals surface area contributed by atoms with Crippen molar-refractivity contribution in [3.8, 4) is 0 Å². The largest absolute Gasteiger partial charge is 0.348 e. The maximum absolute atomic E-state index is 12.8. The van der Waals surface area contributed by atoms with Gasteiger partial charge in [0, 0.05) is 28.2 Å². The van der Waals surface area contributed by atoms with E-state index in [4.69, 9.17) is 11.6 Å². The highest BCUT2D eigenvalue weighted by atomic mass is 35.5. The topological polar surface area (TPSA) is 71.1 Å². The number of aryl methyl sites for hydroxylation is 1. The summed E-state index contributed by atoms with van der Waals surface area (Å²) in [4.78, 5) is 25.4. The van der Waals surface area contributed by atoms with Crippen LogP contribution >= 0.6 is 23.1 Å². The molecule has 150 valence electrons. The van der Waals surface area contributed by atoms with Gasteiger partial charge in [-0.3, -0.25) is 9.59 Å². The first-order chi connectivity index (χ1) is 14.5. The number of carbonyl (C=O) groups is 2. The smallest absolute Gasteiger partial charge is 0.276 e. The van der Waals surface area contributed by atoms with Crippen LogP contribution < -0.4 is 10.6 Å². The van der Waals surface area contributed by atoms with Crippen molar-refractivity contribution >= 4 is 50.7 Å². The molecule has 0 unspecified atom stereocenters. The summed E-state index contributed by atoms with van der Waals surface area (Å²) in [5.41, 5.74) is 3.09. The standard InChI is InChI=1S/C23H18ClN3O2S/c1-14-10-11-15(22(28)25-13-16-6-2-4-8-18(16)24)12-19(14)26-23(29)21-17-7-3-5-9-20(17)30-27-21/h2-12H,13H2,1H3,(H,25,28)(H,26,29). The van der Waals surface area contributed by atoms with Crippen LogP contribution in [0, 0.1) is 6.92 Å². The number of aromatic nitrogens is 1. The number of carbonyl (C=O) groups excluding carboxylic acids is 2. The van der Waals surface area contributed by atoms with Gasteiger partial charge in [0.15, 0.2) is 0 Å². The monoisotopic (exact) mass is 435 g/mol. The third-order valence-corrected chi connectivity index (χ3v) is 5.93. The highest BCUT2D eigenvalue weighted by molar-refractivity contribution is 7.13. The van der Waals surface area contributed by atoms with E-state index < -0.39 is 0 Å². The molecule has 1 aromatic heterocycles. The van der Waals surface area contributed by atoms with E-state index in [0.29, 0.717) is 28.5 Å². The highest BCUT2D eigenvalue weighted by Gasteiger charge is 2.16. The molecule has 7 heteroatoms. The lowest BCUT2D eigenvalue weighted by atomic mass is 10.1. The van der Waals surface area contributed by atoms with Crippen molar-refractivity contribution in [2.75, 3.05) is 5.32 Å². The highest BCUT2D eigenvalue weighted by Crippen LogP contribution is 2.24. The predicted octanol–water partition coefficient (Wildman–Crippen LogP) is 5.44. The van der Waals surface area contributed by atoms with Gasteiger partial charge < -0.3 is 10.6 Å². The third kappa shape index (κ3) is 4.20. The van der Waals surface area contributed by atoms with Crippen LogP contribution in [0.5, 0.6) is 0 Å². The van der Waals surface area contributed by atoms with E-state index in [1.54, 1.807) is 24.3 Å². The number of nitrogens with one attached hydrogen (secondary N) is 2. The van der Waals surface area contributed by atoms with Crippen LogP contribution in [0.4, 0.5) is 5.69 Å². The lowest BCUT2D eigenvalue weighted by molar-refractivity contribution is 0.0949. The molecule has 0 aliphatic rings. The Morgan fingerprint density at radius 2 is 1.77 bits per heavy atom. The van der Waals surface area contributed by atoms with Crippen LogP contribution in [0.15, 0.2) is 66.7 Å². The van der Waals surface area contributed by atoms with Gasteiger partial charge in [-0.15, -0.1) is 0 Å². The average Bonchev–Trinajstić information content (AvgIpc) is 3.19.